The molecule has 1 aliphatic rings. The van der Waals surface area contributed by atoms with Crippen LogP contribution in [0.2, 0.25) is 0 Å². The molecule has 1 saturated heterocycles. The van der Waals surface area contributed by atoms with Crippen LogP contribution in [-0.4, -0.2) is 41.6 Å². The first-order valence-electron chi connectivity index (χ1n) is 7.35. The number of likely N-dealkylation sites (N-methyl/N-ethyl adjacent to an activating group) is 1. The molecule has 1 aliphatic heterocycles. The lowest BCUT2D eigenvalue weighted by atomic mass is 10.0. The van der Waals surface area contributed by atoms with Gasteiger partial charge in [0.15, 0.2) is 0 Å². The summed E-state index contributed by atoms with van der Waals surface area (Å²) in [4.78, 5) is 12.5. The molecule has 0 radical (unpaired) electrons. The highest BCUT2D eigenvalue weighted by Gasteiger charge is 2.27. The zero-order chi connectivity index (χ0) is 14.5. The molecule has 1 aromatic carbocycles. The molecular weight excluding hydrogens is 262 g/mol. The van der Waals surface area contributed by atoms with Crippen LogP contribution in [0.3, 0.4) is 0 Å². The van der Waals surface area contributed by atoms with Crippen LogP contribution in [0.4, 0.5) is 0 Å². The monoisotopic (exact) mass is 283 g/mol. The molecule has 0 spiro atoms. The minimum Gasteiger partial charge on any atom is -0.303 e. The van der Waals surface area contributed by atoms with Gasteiger partial charge in [0, 0.05) is 32.0 Å². The van der Waals surface area contributed by atoms with Crippen LogP contribution >= 0.6 is 0 Å². The Labute approximate surface area is 125 Å². The third kappa shape index (κ3) is 3.67. The summed E-state index contributed by atoms with van der Waals surface area (Å²) in [6.07, 6.45) is 3.64. The molecule has 4 nitrogen and oxygen atoms in total. The van der Waals surface area contributed by atoms with Crippen LogP contribution in [0.15, 0.2) is 54.9 Å². The Balaban J connectivity index is 1.69. The summed E-state index contributed by atoms with van der Waals surface area (Å²) in [5.74, 6) is 0. The fraction of sp³-hybridized carbons (Fsp3) is 0.353. The van der Waals surface area contributed by atoms with Gasteiger partial charge in [-0.15, -0.1) is 0 Å². The first-order chi connectivity index (χ1) is 10.3. The van der Waals surface area contributed by atoms with Crippen molar-refractivity contribution in [3.8, 4) is 0 Å². The average molecular weight is 283 g/mol. The van der Waals surface area contributed by atoms with Gasteiger partial charge in [0.2, 0.25) is 0 Å². The van der Waals surface area contributed by atoms with E-state index >= 15 is 0 Å². The van der Waals surface area contributed by atoms with Crippen molar-refractivity contribution in [2.24, 2.45) is 0 Å². The summed E-state index contributed by atoms with van der Waals surface area (Å²) >= 11 is 0. The molecule has 2 aromatic rings. The van der Waals surface area contributed by atoms with Gasteiger partial charge in [0.1, 0.15) is 0 Å². The quantitative estimate of drug-likeness (QED) is 0.862. The molecule has 1 unspecified atom stereocenters. The molecular formula is C17H21N3O. The fourth-order valence-corrected chi connectivity index (χ4v) is 2.65. The number of aromatic nitrogens is 1. The zero-order valence-electron chi connectivity index (χ0n) is 12.4. The van der Waals surface area contributed by atoms with Gasteiger partial charge in [-0.25, -0.2) is 0 Å². The minimum absolute atomic E-state index is 0.279. The van der Waals surface area contributed by atoms with Gasteiger partial charge in [0.25, 0.3) is 0 Å². The predicted molar refractivity (Wildman–Crippen MR) is 82.4 cm³/mol. The number of hydroxylamine groups is 2. The van der Waals surface area contributed by atoms with Crippen molar-refractivity contribution < 1.29 is 4.84 Å². The number of nitrogens with zero attached hydrogens (tertiary/aromatic N) is 3. The van der Waals surface area contributed by atoms with E-state index in [0.29, 0.717) is 6.61 Å². The topological polar surface area (TPSA) is 28.6 Å². The third-order valence-electron chi connectivity index (χ3n) is 3.84. The summed E-state index contributed by atoms with van der Waals surface area (Å²) in [6, 6.07) is 14.8. The largest absolute Gasteiger partial charge is 0.303 e. The second-order valence-corrected chi connectivity index (χ2v) is 5.46. The fourth-order valence-electron chi connectivity index (χ4n) is 2.65. The van der Waals surface area contributed by atoms with Crippen molar-refractivity contribution in [2.75, 3.05) is 26.7 Å². The van der Waals surface area contributed by atoms with Crippen LogP contribution in [0.5, 0.6) is 0 Å². The Morgan fingerprint density at radius 3 is 2.76 bits per heavy atom. The summed E-state index contributed by atoms with van der Waals surface area (Å²) in [7, 11) is 2.16. The molecule has 0 bridgehead atoms. The molecule has 0 amide bonds. The molecule has 1 aromatic heterocycles. The van der Waals surface area contributed by atoms with Gasteiger partial charge >= 0.3 is 0 Å². The van der Waals surface area contributed by atoms with Crippen molar-refractivity contribution in [1.82, 2.24) is 14.9 Å². The van der Waals surface area contributed by atoms with Gasteiger partial charge < -0.3 is 4.90 Å². The van der Waals surface area contributed by atoms with Gasteiger partial charge in [-0.1, -0.05) is 36.4 Å². The Morgan fingerprint density at radius 2 is 2.00 bits per heavy atom. The molecule has 1 fully saturated rings. The average Bonchev–Trinajstić information content (AvgIpc) is 2.55. The van der Waals surface area contributed by atoms with E-state index < -0.39 is 0 Å². The third-order valence-corrected chi connectivity index (χ3v) is 3.84. The van der Waals surface area contributed by atoms with Crippen LogP contribution < -0.4 is 0 Å². The number of benzene rings is 1. The summed E-state index contributed by atoms with van der Waals surface area (Å²) in [5, 5.41) is 2.11. The predicted octanol–water partition coefficient (Wildman–Crippen LogP) is 2.50. The molecule has 110 valence electrons. The maximum atomic E-state index is 6.05. The molecule has 4 heteroatoms. The Bertz CT molecular complexity index is 546. The van der Waals surface area contributed by atoms with Crippen molar-refractivity contribution in [3.63, 3.8) is 0 Å². The van der Waals surface area contributed by atoms with Crippen molar-refractivity contribution >= 4 is 0 Å². The first-order valence-corrected chi connectivity index (χ1v) is 7.35. The summed E-state index contributed by atoms with van der Waals surface area (Å²) < 4.78 is 0. The Kier molecular flexibility index (Phi) is 4.60. The molecule has 0 aliphatic carbocycles. The van der Waals surface area contributed by atoms with Crippen LogP contribution in [-0.2, 0) is 11.4 Å². The van der Waals surface area contributed by atoms with E-state index in [2.05, 4.69) is 52.3 Å². The molecule has 0 N–H and O–H groups in total. The van der Waals surface area contributed by atoms with Gasteiger partial charge in [-0.05, 0) is 24.2 Å². The molecule has 2 heterocycles. The van der Waals surface area contributed by atoms with E-state index in [1.54, 1.807) is 6.20 Å². The van der Waals surface area contributed by atoms with E-state index in [9.17, 15) is 0 Å². The summed E-state index contributed by atoms with van der Waals surface area (Å²) in [5.41, 5.74) is 2.40. The Morgan fingerprint density at radius 1 is 1.14 bits per heavy atom. The van der Waals surface area contributed by atoms with E-state index in [4.69, 9.17) is 4.84 Å². The second-order valence-electron chi connectivity index (χ2n) is 5.46. The van der Waals surface area contributed by atoms with E-state index in [-0.39, 0.29) is 6.04 Å². The van der Waals surface area contributed by atoms with Crippen LogP contribution in [0.1, 0.15) is 17.2 Å². The van der Waals surface area contributed by atoms with Crippen molar-refractivity contribution in [2.45, 2.75) is 12.6 Å². The molecule has 1 atom stereocenters. The highest BCUT2D eigenvalue weighted by molar-refractivity contribution is 5.19. The molecule has 21 heavy (non-hydrogen) atoms. The first kappa shape index (κ1) is 14.2. The van der Waals surface area contributed by atoms with Gasteiger partial charge in [-0.2, -0.15) is 5.06 Å². The van der Waals surface area contributed by atoms with Gasteiger partial charge in [-0.3, -0.25) is 9.82 Å². The van der Waals surface area contributed by atoms with Crippen LogP contribution in [0.25, 0.3) is 0 Å². The highest BCUT2D eigenvalue weighted by Crippen LogP contribution is 2.25. The van der Waals surface area contributed by atoms with E-state index in [0.717, 1.165) is 25.2 Å². The van der Waals surface area contributed by atoms with E-state index in [1.807, 2.05) is 18.3 Å². The maximum Gasteiger partial charge on any atom is 0.0951 e. The Hall–Kier alpha value is -1.75. The number of rotatable bonds is 4. The van der Waals surface area contributed by atoms with Gasteiger partial charge in [0.05, 0.1) is 12.6 Å². The summed E-state index contributed by atoms with van der Waals surface area (Å²) in [6.45, 7) is 3.49. The number of piperazine rings is 1. The minimum atomic E-state index is 0.279. The lowest BCUT2D eigenvalue weighted by molar-refractivity contribution is -0.216. The highest BCUT2D eigenvalue weighted by atomic mass is 16.7. The maximum absolute atomic E-state index is 6.05. The number of hydrogen-bond acceptors (Lipinski definition) is 4. The smallest absolute Gasteiger partial charge is 0.0951 e. The second kappa shape index (κ2) is 6.80. The number of pyridine rings is 1. The van der Waals surface area contributed by atoms with Crippen molar-refractivity contribution in [3.05, 3.63) is 66.0 Å². The lowest BCUT2D eigenvalue weighted by Gasteiger charge is -2.39. The number of hydrogen-bond donors (Lipinski definition) is 0. The van der Waals surface area contributed by atoms with E-state index in [1.165, 1.54) is 5.56 Å². The standard InChI is InChI=1S/C17H21N3O/c1-19-10-11-20(21-14-15-6-5-9-18-12-15)17(13-19)16-7-3-2-4-8-16/h2-9,12,17H,10-11,13-14H2,1H3. The molecule has 0 saturated carbocycles. The SMILES string of the molecule is CN1CCN(OCc2cccnc2)C(c2ccccc2)C1. The zero-order valence-corrected chi connectivity index (χ0v) is 12.4. The normalized spacial score (nSPS) is 20.5. The van der Waals surface area contributed by atoms with Crippen molar-refractivity contribution in [1.29, 1.82) is 0 Å². The molecule has 3 rings (SSSR count). The van der Waals surface area contributed by atoms with Crippen LogP contribution in [0, 0.1) is 0 Å². The lowest BCUT2D eigenvalue weighted by Crippen LogP contribution is -2.46.